The first kappa shape index (κ1) is 24.9. The van der Waals surface area contributed by atoms with Gasteiger partial charge in [-0.05, 0) is 38.0 Å². The number of carboxylic acid groups (broad SMARTS) is 1. The van der Waals surface area contributed by atoms with E-state index < -0.39 is 17.3 Å². The fourth-order valence-electron chi connectivity index (χ4n) is 3.56. The zero-order chi connectivity index (χ0) is 20.8. The van der Waals surface area contributed by atoms with Gasteiger partial charge in [0, 0.05) is 23.3 Å². The zero-order valence-electron chi connectivity index (χ0n) is 17.0. The number of aliphatic hydroxyl groups is 2. The van der Waals surface area contributed by atoms with Crippen LogP contribution in [-0.2, 0) is 9.59 Å². The molecule has 1 rings (SSSR count). The molecule has 0 saturated heterocycles. The summed E-state index contributed by atoms with van der Waals surface area (Å²) in [6, 6.07) is 0. The Morgan fingerprint density at radius 2 is 2.04 bits per heavy atom. The summed E-state index contributed by atoms with van der Waals surface area (Å²) in [5, 5.41) is 27.2. The van der Waals surface area contributed by atoms with Gasteiger partial charge >= 0.3 is 5.97 Å². The standard InChI is InChI=1S/C22H36O5S/c1-2-3-4-5-6-7-10-17-13-14-19(24)18(17)11-8-9-12-20(28-16-15-23)21(25)22(26)27/h7-10,17-18,20-21,23,25H,2-6,11-16H2,1H3,(H,26,27)/t17-,18+,20?,21?/m0/s1. The molecular formula is C22H36O5S. The van der Waals surface area contributed by atoms with Gasteiger partial charge < -0.3 is 15.3 Å². The maximum atomic E-state index is 12.2. The van der Waals surface area contributed by atoms with E-state index in [1.807, 2.05) is 12.2 Å². The summed E-state index contributed by atoms with van der Waals surface area (Å²) in [6.07, 6.45) is 15.4. The highest BCUT2D eigenvalue weighted by Gasteiger charge is 2.31. The van der Waals surface area contributed by atoms with Crippen molar-refractivity contribution in [1.29, 1.82) is 0 Å². The molecule has 5 nitrogen and oxygen atoms in total. The number of ketones is 1. The van der Waals surface area contributed by atoms with Gasteiger partial charge in [-0.2, -0.15) is 11.8 Å². The monoisotopic (exact) mass is 412 g/mol. The van der Waals surface area contributed by atoms with Gasteiger partial charge in [0.25, 0.3) is 0 Å². The van der Waals surface area contributed by atoms with Crippen molar-refractivity contribution in [2.75, 3.05) is 12.4 Å². The second-order valence-corrected chi connectivity index (χ2v) is 8.76. The number of allylic oxidation sites excluding steroid dienone is 4. The lowest BCUT2D eigenvalue weighted by atomic mass is 9.91. The molecule has 0 radical (unpaired) electrons. The number of hydrogen-bond acceptors (Lipinski definition) is 5. The number of hydrogen-bond donors (Lipinski definition) is 3. The lowest BCUT2D eigenvalue weighted by Crippen LogP contribution is -2.31. The third-order valence-corrected chi connectivity index (χ3v) is 6.51. The Bertz CT molecular complexity index is 517. The summed E-state index contributed by atoms with van der Waals surface area (Å²) in [5.41, 5.74) is 0. The minimum absolute atomic E-state index is 0.0103. The summed E-state index contributed by atoms with van der Waals surface area (Å²) >= 11 is 1.25. The maximum absolute atomic E-state index is 12.2. The van der Waals surface area contributed by atoms with E-state index in [9.17, 15) is 14.7 Å². The van der Waals surface area contributed by atoms with Crippen LogP contribution in [0, 0.1) is 11.8 Å². The van der Waals surface area contributed by atoms with Crippen molar-refractivity contribution in [3.8, 4) is 0 Å². The van der Waals surface area contributed by atoms with Gasteiger partial charge in [0.2, 0.25) is 0 Å². The Balaban J connectivity index is 2.48. The SMILES string of the molecule is CCCCCCC=C[C@H]1CCC(=O)[C@@H]1CC=CCC(SCCO)C(O)C(=O)O. The van der Waals surface area contributed by atoms with E-state index in [0.29, 0.717) is 36.7 Å². The van der Waals surface area contributed by atoms with E-state index in [2.05, 4.69) is 19.1 Å². The predicted molar refractivity (Wildman–Crippen MR) is 114 cm³/mol. The predicted octanol–water partition coefficient (Wildman–Crippen LogP) is 3.98. The Morgan fingerprint density at radius 1 is 1.25 bits per heavy atom. The lowest BCUT2D eigenvalue weighted by molar-refractivity contribution is -0.146. The number of carbonyl (C=O) groups is 2. The third kappa shape index (κ3) is 9.39. The maximum Gasteiger partial charge on any atom is 0.333 e. The topological polar surface area (TPSA) is 94.8 Å². The lowest BCUT2D eigenvalue weighted by Gasteiger charge is -2.17. The van der Waals surface area contributed by atoms with Crippen molar-refractivity contribution < 1.29 is 24.9 Å². The molecule has 0 bridgehead atoms. The van der Waals surface area contributed by atoms with E-state index in [0.717, 1.165) is 12.8 Å². The van der Waals surface area contributed by atoms with Gasteiger partial charge in [-0.15, -0.1) is 0 Å². The first-order valence-corrected chi connectivity index (χ1v) is 11.5. The minimum atomic E-state index is -1.46. The van der Waals surface area contributed by atoms with Gasteiger partial charge in [-0.1, -0.05) is 50.5 Å². The van der Waals surface area contributed by atoms with Crippen LogP contribution in [0.1, 0.15) is 64.7 Å². The number of carboxylic acids is 1. The van der Waals surface area contributed by atoms with Crippen LogP contribution in [-0.4, -0.2) is 50.8 Å². The van der Waals surface area contributed by atoms with Gasteiger partial charge in [-0.25, -0.2) is 4.79 Å². The average Bonchev–Trinajstić information content (AvgIpc) is 3.03. The molecule has 4 atom stereocenters. The second kappa shape index (κ2) is 14.8. The molecule has 2 unspecified atom stereocenters. The first-order chi connectivity index (χ1) is 13.5. The first-order valence-electron chi connectivity index (χ1n) is 10.5. The molecule has 6 heteroatoms. The van der Waals surface area contributed by atoms with Crippen LogP contribution in [0.25, 0.3) is 0 Å². The molecule has 1 aliphatic rings. The molecule has 0 aromatic carbocycles. The van der Waals surface area contributed by atoms with E-state index in [1.165, 1.54) is 37.4 Å². The van der Waals surface area contributed by atoms with Crippen LogP contribution >= 0.6 is 11.8 Å². The van der Waals surface area contributed by atoms with Crippen molar-refractivity contribution in [1.82, 2.24) is 0 Å². The van der Waals surface area contributed by atoms with Crippen LogP contribution in [0.15, 0.2) is 24.3 Å². The number of aliphatic carboxylic acids is 1. The molecule has 0 aliphatic heterocycles. The van der Waals surface area contributed by atoms with Gasteiger partial charge in [0.15, 0.2) is 6.10 Å². The van der Waals surface area contributed by atoms with Crippen molar-refractivity contribution in [2.45, 2.75) is 76.1 Å². The summed E-state index contributed by atoms with van der Waals surface area (Å²) in [4.78, 5) is 23.2. The fourth-order valence-corrected chi connectivity index (χ4v) is 4.51. The van der Waals surface area contributed by atoms with E-state index in [4.69, 9.17) is 10.2 Å². The van der Waals surface area contributed by atoms with E-state index in [-0.39, 0.29) is 12.5 Å². The Kier molecular flexibility index (Phi) is 13.2. The molecule has 1 fully saturated rings. The van der Waals surface area contributed by atoms with Crippen molar-refractivity contribution in [3.63, 3.8) is 0 Å². The van der Waals surface area contributed by atoms with Crippen LogP contribution in [0.2, 0.25) is 0 Å². The number of unbranched alkanes of at least 4 members (excludes halogenated alkanes) is 4. The number of Topliss-reactive ketones (excluding diaryl/α,β-unsaturated/α-hetero) is 1. The smallest absolute Gasteiger partial charge is 0.333 e. The molecule has 0 heterocycles. The molecule has 160 valence electrons. The molecule has 3 N–H and O–H groups in total. The highest BCUT2D eigenvalue weighted by atomic mass is 32.2. The molecule has 0 aromatic heterocycles. The van der Waals surface area contributed by atoms with Crippen molar-refractivity contribution in [3.05, 3.63) is 24.3 Å². The summed E-state index contributed by atoms with van der Waals surface area (Å²) in [6.45, 7) is 2.15. The molecule has 0 aromatic rings. The number of rotatable bonds is 15. The normalized spacial score (nSPS) is 22.3. The third-order valence-electron chi connectivity index (χ3n) is 5.22. The number of aliphatic hydroxyl groups excluding tert-OH is 2. The van der Waals surface area contributed by atoms with Crippen LogP contribution in [0.3, 0.4) is 0 Å². The molecular weight excluding hydrogens is 376 g/mol. The van der Waals surface area contributed by atoms with Gasteiger partial charge in [0.05, 0.1) is 6.61 Å². The summed E-state index contributed by atoms with van der Waals surface area (Å²) in [7, 11) is 0. The Labute approximate surface area is 173 Å². The van der Waals surface area contributed by atoms with E-state index >= 15 is 0 Å². The Hall–Kier alpha value is -1.11. The molecule has 0 spiro atoms. The minimum Gasteiger partial charge on any atom is -0.479 e. The molecule has 28 heavy (non-hydrogen) atoms. The van der Waals surface area contributed by atoms with Crippen LogP contribution in [0.4, 0.5) is 0 Å². The largest absolute Gasteiger partial charge is 0.479 e. The van der Waals surface area contributed by atoms with Gasteiger partial charge in [-0.3, -0.25) is 4.79 Å². The van der Waals surface area contributed by atoms with E-state index in [1.54, 1.807) is 0 Å². The highest BCUT2D eigenvalue weighted by Crippen LogP contribution is 2.33. The summed E-state index contributed by atoms with van der Waals surface area (Å²) < 4.78 is 0. The molecule has 0 amide bonds. The van der Waals surface area contributed by atoms with Crippen molar-refractivity contribution >= 4 is 23.5 Å². The van der Waals surface area contributed by atoms with Crippen LogP contribution < -0.4 is 0 Å². The van der Waals surface area contributed by atoms with Crippen molar-refractivity contribution in [2.24, 2.45) is 11.8 Å². The van der Waals surface area contributed by atoms with Gasteiger partial charge in [0.1, 0.15) is 5.78 Å². The summed E-state index contributed by atoms with van der Waals surface area (Å²) in [5.74, 6) is -0.251. The Morgan fingerprint density at radius 3 is 2.71 bits per heavy atom. The second-order valence-electron chi connectivity index (χ2n) is 7.41. The number of thioether (sulfide) groups is 1. The van der Waals surface area contributed by atoms with Crippen LogP contribution in [0.5, 0.6) is 0 Å². The molecule has 1 aliphatic carbocycles. The fraction of sp³-hybridized carbons (Fsp3) is 0.727. The zero-order valence-corrected chi connectivity index (χ0v) is 17.8. The number of carbonyl (C=O) groups excluding carboxylic acids is 1. The quantitative estimate of drug-likeness (QED) is 0.278. The highest BCUT2D eigenvalue weighted by molar-refractivity contribution is 8.00. The average molecular weight is 413 g/mol. The molecule has 1 saturated carbocycles.